The summed E-state index contributed by atoms with van der Waals surface area (Å²) in [5.74, 6) is 0.853. The zero-order valence-electron chi connectivity index (χ0n) is 11.7. The summed E-state index contributed by atoms with van der Waals surface area (Å²) >= 11 is 6.77. The average molecular weight is 414 g/mol. The number of halogens is 2. The van der Waals surface area contributed by atoms with Gasteiger partial charge in [0.05, 0.1) is 16.6 Å². The standard InChI is InChI=1S/C16H14Br2O3/c1-3-20-15-6-4-11(9-13(15)18)16(19)21-14-7-5-12(17)8-10(14)2/h4-9H,3H2,1-2H3. The largest absolute Gasteiger partial charge is 0.493 e. The summed E-state index contributed by atoms with van der Waals surface area (Å²) in [5.41, 5.74) is 1.36. The molecule has 0 heterocycles. The van der Waals surface area contributed by atoms with Crippen molar-refractivity contribution in [3.63, 3.8) is 0 Å². The Morgan fingerprint density at radius 1 is 1.10 bits per heavy atom. The van der Waals surface area contributed by atoms with E-state index in [2.05, 4.69) is 31.9 Å². The van der Waals surface area contributed by atoms with Gasteiger partial charge in [-0.25, -0.2) is 4.79 Å². The molecule has 0 unspecified atom stereocenters. The lowest BCUT2D eigenvalue weighted by Gasteiger charge is -2.10. The minimum absolute atomic E-state index is 0.399. The molecule has 0 amide bonds. The topological polar surface area (TPSA) is 35.5 Å². The van der Waals surface area contributed by atoms with Gasteiger partial charge in [0.15, 0.2) is 0 Å². The van der Waals surface area contributed by atoms with Gasteiger partial charge in [0, 0.05) is 4.47 Å². The molecule has 5 heteroatoms. The SMILES string of the molecule is CCOc1ccc(C(=O)Oc2ccc(Br)cc2C)cc1Br. The van der Waals surface area contributed by atoms with Crippen LogP contribution < -0.4 is 9.47 Å². The van der Waals surface area contributed by atoms with Crippen molar-refractivity contribution >= 4 is 37.8 Å². The lowest BCUT2D eigenvalue weighted by Crippen LogP contribution is -2.09. The number of rotatable bonds is 4. The Hall–Kier alpha value is -1.33. The fraction of sp³-hybridized carbons (Fsp3) is 0.188. The van der Waals surface area contributed by atoms with Crippen LogP contribution in [0.4, 0.5) is 0 Å². The van der Waals surface area contributed by atoms with Crippen molar-refractivity contribution < 1.29 is 14.3 Å². The molecule has 21 heavy (non-hydrogen) atoms. The fourth-order valence-electron chi connectivity index (χ4n) is 1.79. The van der Waals surface area contributed by atoms with E-state index in [4.69, 9.17) is 9.47 Å². The van der Waals surface area contributed by atoms with E-state index in [-0.39, 0.29) is 0 Å². The van der Waals surface area contributed by atoms with Crippen molar-refractivity contribution in [2.45, 2.75) is 13.8 Å². The third-order valence-corrected chi connectivity index (χ3v) is 3.92. The van der Waals surface area contributed by atoms with E-state index in [0.29, 0.717) is 23.7 Å². The van der Waals surface area contributed by atoms with Gasteiger partial charge < -0.3 is 9.47 Å². The normalized spacial score (nSPS) is 10.3. The summed E-state index contributed by atoms with van der Waals surface area (Å²) in [4.78, 5) is 12.2. The van der Waals surface area contributed by atoms with Crippen molar-refractivity contribution in [1.29, 1.82) is 0 Å². The molecule has 0 fully saturated rings. The predicted molar refractivity (Wildman–Crippen MR) is 89.1 cm³/mol. The number of esters is 1. The number of carbonyl (C=O) groups excluding carboxylic acids is 1. The van der Waals surface area contributed by atoms with Gasteiger partial charge in [-0.1, -0.05) is 15.9 Å². The van der Waals surface area contributed by atoms with Crippen molar-refractivity contribution in [1.82, 2.24) is 0 Å². The van der Waals surface area contributed by atoms with Crippen LogP contribution in [0.25, 0.3) is 0 Å². The highest BCUT2D eigenvalue weighted by molar-refractivity contribution is 9.10. The summed E-state index contributed by atoms with van der Waals surface area (Å²) in [6.07, 6.45) is 0. The summed E-state index contributed by atoms with van der Waals surface area (Å²) in [7, 11) is 0. The maximum Gasteiger partial charge on any atom is 0.343 e. The van der Waals surface area contributed by atoms with Crippen LogP contribution in [0.2, 0.25) is 0 Å². The number of hydrogen-bond acceptors (Lipinski definition) is 3. The second-order valence-corrected chi connectivity index (χ2v) is 6.15. The number of benzene rings is 2. The first-order valence-electron chi connectivity index (χ1n) is 6.42. The highest BCUT2D eigenvalue weighted by Gasteiger charge is 2.12. The molecule has 2 aromatic rings. The second kappa shape index (κ2) is 7.09. The minimum atomic E-state index is -0.399. The van der Waals surface area contributed by atoms with E-state index >= 15 is 0 Å². The zero-order chi connectivity index (χ0) is 15.4. The van der Waals surface area contributed by atoms with E-state index in [1.165, 1.54) is 0 Å². The van der Waals surface area contributed by atoms with Gasteiger partial charge in [-0.15, -0.1) is 0 Å². The Bertz CT molecular complexity index is 669. The van der Waals surface area contributed by atoms with Crippen LogP contribution in [0.1, 0.15) is 22.8 Å². The van der Waals surface area contributed by atoms with Gasteiger partial charge in [-0.2, -0.15) is 0 Å². The predicted octanol–water partition coefficient (Wildman–Crippen LogP) is 5.14. The third kappa shape index (κ3) is 4.08. The number of aryl methyl sites for hydroxylation is 1. The van der Waals surface area contributed by atoms with Crippen LogP contribution in [-0.4, -0.2) is 12.6 Å². The monoisotopic (exact) mass is 412 g/mol. The molecule has 3 nitrogen and oxygen atoms in total. The van der Waals surface area contributed by atoms with E-state index in [1.807, 2.05) is 26.0 Å². The summed E-state index contributed by atoms with van der Waals surface area (Å²) in [6, 6.07) is 10.6. The number of ether oxygens (including phenoxy) is 2. The number of carbonyl (C=O) groups is 1. The summed E-state index contributed by atoms with van der Waals surface area (Å²) in [6.45, 7) is 4.37. The lowest BCUT2D eigenvalue weighted by molar-refractivity contribution is 0.0733. The Morgan fingerprint density at radius 2 is 1.81 bits per heavy atom. The molecule has 0 aliphatic heterocycles. The van der Waals surface area contributed by atoms with Crippen LogP contribution in [0, 0.1) is 6.92 Å². The molecule has 0 atom stereocenters. The van der Waals surface area contributed by atoms with Crippen LogP contribution in [0.5, 0.6) is 11.5 Å². The van der Waals surface area contributed by atoms with Gasteiger partial charge in [0.2, 0.25) is 0 Å². The molecule has 0 saturated carbocycles. The fourth-order valence-corrected chi connectivity index (χ4v) is 2.76. The summed E-state index contributed by atoms with van der Waals surface area (Å²) in [5, 5.41) is 0. The van der Waals surface area contributed by atoms with Gasteiger partial charge in [0.25, 0.3) is 0 Å². The van der Waals surface area contributed by atoms with E-state index in [9.17, 15) is 4.79 Å². The molecule has 2 rings (SSSR count). The molecule has 0 aliphatic rings. The van der Waals surface area contributed by atoms with Crippen LogP contribution in [0.3, 0.4) is 0 Å². The molecule has 0 saturated heterocycles. The van der Waals surface area contributed by atoms with Gasteiger partial charge >= 0.3 is 5.97 Å². The molecular weight excluding hydrogens is 400 g/mol. The van der Waals surface area contributed by atoms with Crippen molar-refractivity contribution in [2.75, 3.05) is 6.61 Å². The van der Waals surface area contributed by atoms with Crippen LogP contribution in [0.15, 0.2) is 45.3 Å². The maximum atomic E-state index is 12.2. The molecule has 2 aromatic carbocycles. The second-order valence-electron chi connectivity index (χ2n) is 4.38. The summed E-state index contributed by atoms with van der Waals surface area (Å²) < 4.78 is 12.5. The molecule has 0 N–H and O–H groups in total. The molecule has 0 bridgehead atoms. The van der Waals surface area contributed by atoms with Crippen LogP contribution in [-0.2, 0) is 0 Å². The Kier molecular flexibility index (Phi) is 5.42. The van der Waals surface area contributed by atoms with Gasteiger partial charge in [0.1, 0.15) is 11.5 Å². The minimum Gasteiger partial charge on any atom is -0.493 e. The van der Waals surface area contributed by atoms with Gasteiger partial charge in [-0.05, 0) is 71.7 Å². The van der Waals surface area contributed by atoms with Crippen molar-refractivity contribution in [3.05, 3.63) is 56.5 Å². The Balaban J connectivity index is 2.18. The zero-order valence-corrected chi connectivity index (χ0v) is 14.8. The molecule has 110 valence electrons. The molecule has 0 spiro atoms. The van der Waals surface area contributed by atoms with Gasteiger partial charge in [-0.3, -0.25) is 0 Å². The molecule has 0 radical (unpaired) electrons. The van der Waals surface area contributed by atoms with E-state index in [1.54, 1.807) is 24.3 Å². The number of hydrogen-bond donors (Lipinski definition) is 0. The van der Waals surface area contributed by atoms with Crippen molar-refractivity contribution in [3.8, 4) is 11.5 Å². The molecule has 0 aliphatic carbocycles. The highest BCUT2D eigenvalue weighted by atomic mass is 79.9. The quantitative estimate of drug-likeness (QED) is 0.514. The van der Waals surface area contributed by atoms with Crippen LogP contribution >= 0.6 is 31.9 Å². The maximum absolute atomic E-state index is 12.2. The smallest absolute Gasteiger partial charge is 0.343 e. The Labute approximate surface area is 140 Å². The first-order valence-corrected chi connectivity index (χ1v) is 8.00. The molecular formula is C16H14Br2O3. The van der Waals surface area contributed by atoms with E-state index in [0.717, 1.165) is 14.5 Å². The van der Waals surface area contributed by atoms with E-state index < -0.39 is 5.97 Å². The molecule has 0 aromatic heterocycles. The van der Waals surface area contributed by atoms with Crippen molar-refractivity contribution in [2.24, 2.45) is 0 Å². The first kappa shape index (κ1) is 16.0. The lowest BCUT2D eigenvalue weighted by atomic mass is 10.2. The average Bonchev–Trinajstić information content (AvgIpc) is 2.44. The Morgan fingerprint density at radius 3 is 2.43 bits per heavy atom. The third-order valence-electron chi connectivity index (χ3n) is 2.81. The first-order chi connectivity index (χ1) is 10.0. The highest BCUT2D eigenvalue weighted by Crippen LogP contribution is 2.27.